The lowest BCUT2D eigenvalue weighted by atomic mass is 9.90. The van der Waals surface area contributed by atoms with Gasteiger partial charge in [-0.3, -0.25) is 4.68 Å². The summed E-state index contributed by atoms with van der Waals surface area (Å²) in [7, 11) is -3.05. The molecule has 0 bridgehead atoms. The van der Waals surface area contributed by atoms with Gasteiger partial charge in [-0.1, -0.05) is 20.8 Å². The fraction of sp³-hybridized carbons (Fsp3) is 0.769. The van der Waals surface area contributed by atoms with Crippen molar-refractivity contribution in [3.8, 4) is 0 Å². The summed E-state index contributed by atoms with van der Waals surface area (Å²) in [6.45, 7) is 7.68. The fourth-order valence-electron chi connectivity index (χ4n) is 2.36. The average molecular weight is 285 g/mol. The molecule has 1 aliphatic rings. The van der Waals surface area contributed by atoms with Crippen LogP contribution in [0.4, 0.5) is 0 Å². The molecule has 1 fully saturated rings. The zero-order valence-electron chi connectivity index (χ0n) is 12.1. The summed E-state index contributed by atoms with van der Waals surface area (Å²) >= 11 is 0. The third-order valence-corrected chi connectivity index (χ3v) is 5.04. The van der Waals surface area contributed by atoms with Crippen LogP contribution in [0.25, 0.3) is 0 Å². The topological polar surface area (TPSA) is 55.2 Å². The second-order valence-corrected chi connectivity index (χ2v) is 8.33. The number of nitrogens with zero attached hydrogens (tertiary/aromatic N) is 3. The minimum absolute atomic E-state index is 0.103. The molecule has 1 aromatic rings. The smallest absolute Gasteiger partial charge is 0.211 e. The summed E-state index contributed by atoms with van der Waals surface area (Å²) in [6.07, 6.45) is 6.96. The first-order chi connectivity index (χ1) is 8.68. The molecule has 0 amide bonds. The molecule has 0 unspecified atom stereocenters. The van der Waals surface area contributed by atoms with Crippen LogP contribution in [0.15, 0.2) is 12.4 Å². The highest BCUT2D eigenvalue weighted by atomic mass is 32.2. The van der Waals surface area contributed by atoms with Crippen molar-refractivity contribution in [2.75, 3.05) is 19.3 Å². The van der Waals surface area contributed by atoms with Gasteiger partial charge in [-0.25, -0.2) is 12.7 Å². The third kappa shape index (κ3) is 3.36. The maximum Gasteiger partial charge on any atom is 0.211 e. The van der Waals surface area contributed by atoms with Crippen LogP contribution in [-0.2, 0) is 15.4 Å². The van der Waals surface area contributed by atoms with Gasteiger partial charge in [-0.2, -0.15) is 5.10 Å². The Balaban J connectivity index is 2.04. The molecule has 108 valence electrons. The van der Waals surface area contributed by atoms with Crippen LogP contribution in [0.1, 0.15) is 45.2 Å². The van der Waals surface area contributed by atoms with Crippen LogP contribution in [0.2, 0.25) is 0 Å². The van der Waals surface area contributed by atoms with Crippen molar-refractivity contribution in [1.82, 2.24) is 14.1 Å². The van der Waals surface area contributed by atoms with E-state index in [1.54, 1.807) is 4.31 Å². The van der Waals surface area contributed by atoms with Crippen LogP contribution in [0, 0.1) is 0 Å². The molecule has 19 heavy (non-hydrogen) atoms. The van der Waals surface area contributed by atoms with Crippen LogP contribution in [-0.4, -0.2) is 41.8 Å². The van der Waals surface area contributed by atoms with E-state index in [0.29, 0.717) is 19.1 Å². The van der Waals surface area contributed by atoms with Crippen molar-refractivity contribution >= 4 is 10.0 Å². The Morgan fingerprint density at radius 1 is 1.26 bits per heavy atom. The molecule has 1 aromatic heterocycles. The molecular formula is C13H23N3O2S. The highest BCUT2D eigenvalue weighted by molar-refractivity contribution is 7.88. The lowest BCUT2D eigenvalue weighted by Crippen LogP contribution is -2.38. The van der Waals surface area contributed by atoms with Gasteiger partial charge in [0.1, 0.15) is 0 Å². The van der Waals surface area contributed by atoms with Crippen molar-refractivity contribution < 1.29 is 8.42 Å². The maximum atomic E-state index is 11.5. The van der Waals surface area contributed by atoms with Gasteiger partial charge >= 0.3 is 0 Å². The molecule has 2 heterocycles. The molecule has 1 saturated heterocycles. The van der Waals surface area contributed by atoms with Crippen LogP contribution < -0.4 is 0 Å². The Hall–Kier alpha value is -0.880. The van der Waals surface area contributed by atoms with E-state index < -0.39 is 10.0 Å². The Bertz CT molecular complexity index is 534. The Morgan fingerprint density at radius 2 is 1.84 bits per heavy atom. The molecule has 0 radical (unpaired) electrons. The predicted molar refractivity (Wildman–Crippen MR) is 75.6 cm³/mol. The summed E-state index contributed by atoms with van der Waals surface area (Å²) in [5.41, 5.74) is 1.32. The van der Waals surface area contributed by atoms with Gasteiger partial charge in [0.2, 0.25) is 10.0 Å². The van der Waals surface area contributed by atoms with Gasteiger partial charge in [0, 0.05) is 19.3 Å². The van der Waals surface area contributed by atoms with Gasteiger partial charge in [0.15, 0.2) is 0 Å². The minimum atomic E-state index is -3.05. The van der Waals surface area contributed by atoms with Crippen molar-refractivity contribution in [1.29, 1.82) is 0 Å². The zero-order chi connectivity index (χ0) is 14.3. The summed E-state index contributed by atoms with van der Waals surface area (Å²) in [5.74, 6) is 0. The van der Waals surface area contributed by atoms with Crippen molar-refractivity contribution in [3.63, 3.8) is 0 Å². The van der Waals surface area contributed by atoms with Gasteiger partial charge in [0.05, 0.1) is 18.5 Å². The number of piperidine rings is 1. The van der Waals surface area contributed by atoms with Gasteiger partial charge in [-0.05, 0) is 23.8 Å². The molecule has 0 N–H and O–H groups in total. The second-order valence-electron chi connectivity index (χ2n) is 6.35. The monoisotopic (exact) mass is 285 g/mol. The van der Waals surface area contributed by atoms with Crippen LogP contribution in [0.5, 0.6) is 0 Å². The number of hydrogen-bond acceptors (Lipinski definition) is 3. The predicted octanol–water partition coefficient (Wildman–Crippen LogP) is 1.78. The van der Waals surface area contributed by atoms with Crippen molar-refractivity contribution in [3.05, 3.63) is 18.0 Å². The average Bonchev–Trinajstić information content (AvgIpc) is 2.77. The Kier molecular flexibility index (Phi) is 3.75. The van der Waals surface area contributed by atoms with E-state index >= 15 is 0 Å². The summed E-state index contributed by atoms with van der Waals surface area (Å²) in [6, 6.07) is 0.314. The fourth-order valence-corrected chi connectivity index (χ4v) is 3.24. The number of hydrogen-bond donors (Lipinski definition) is 0. The van der Waals surface area contributed by atoms with E-state index in [9.17, 15) is 8.42 Å². The summed E-state index contributed by atoms with van der Waals surface area (Å²) < 4.78 is 26.5. The highest BCUT2D eigenvalue weighted by Crippen LogP contribution is 2.26. The van der Waals surface area contributed by atoms with Gasteiger partial charge in [0.25, 0.3) is 0 Å². The normalized spacial score (nSPS) is 19.8. The lowest BCUT2D eigenvalue weighted by molar-refractivity contribution is 0.262. The van der Waals surface area contributed by atoms with E-state index in [0.717, 1.165) is 12.8 Å². The molecule has 0 spiro atoms. The Morgan fingerprint density at radius 3 is 2.26 bits per heavy atom. The van der Waals surface area contributed by atoms with E-state index in [1.165, 1.54) is 11.8 Å². The van der Waals surface area contributed by atoms with Crippen molar-refractivity contribution in [2.45, 2.75) is 45.1 Å². The standard InChI is InChI=1S/C13H23N3O2S/c1-13(2,3)11-9-14-16(10-11)12-5-7-15(8-6-12)19(4,17)18/h9-10,12H,5-8H2,1-4H3. The van der Waals surface area contributed by atoms with Gasteiger partial charge in [-0.15, -0.1) is 0 Å². The van der Waals surface area contributed by atoms with Gasteiger partial charge < -0.3 is 0 Å². The highest BCUT2D eigenvalue weighted by Gasteiger charge is 2.27. The first-order valence-corrected chi connectivity index (χ1v) is 8.52. The molecule has 0 aliphatic carbocycles. The zero-order valence-corrected chi connectivity index (χ0v) is 12.9. The maximum absolute atomic E-state index is 11.5. The van der Waals surface area contributed by atoms with E-state index in [4.69, 9.17) is 0 Å². The molecule has 6 heteroatoms. The number of aromatic nitrogens is 2. The first kappa shape index (κ1) is 14.5. The molecule has 0 saturated carbocycles. The second kappa shape index (κ2) is 4.90. The molecule has 5 nitrogen and oxygen atoms in total. The molecule has 1 aliphatic heterocycles. The van der Waals surface area contributed by atoms with E-state index in [2.05, 4.69) is 32.1 Å². The molecular weight excluding hydrogens is 262 g/mol. The molecule has 0 atom stereocenters. The third-order valence-electron chi connectivity index (χ3n) is 3.73. The number of sulfonamides is 1. The lowest BCUT2D eigenvalue weighted by Gasteiger charge is -2.30. The molecule has 0 aromatic carbocycles. The summed E-state index contributed by atoms with van der Waals surface area (Å²) in [4.78, 5) is 0. The first-order valence-electron chi connectivity index (χ1n) is 6.68. The summed E-state index contributed by atoms with van der Waals surface area (Å²) in [5, 5.41) is 4.44. The number of rotatable bonds is 2. The van der Waals surface area contributed by atoms with Crippen molar-refractivity contribution in [2.24, 2.45) is 0 Å². The van der Waals surface area contributed by atoms with E-state index in [-0.39, 0.29) is 5.41 Å². The van der Waals surface area contributed by atoms with E-state index in [1.807, 2.05) is 10.9 Å². The largest absolute Gasteiger partial charge is 0.269 e. The quantitative estimate of drug-likeness (QED) is 0.832. The molecule has 2 rings (SSSR count). The SMILES string of the molecule is CC(C)(C)c1cnn(C2CCN(S(C)(=O)=O)CC2)c1. The van der Waals surface area contributed by atoms with Crippen LogP contribution in [0.3, 0.4) is 0 Å². The minimum Gasteiger partial charge on any atom is -0.269 e. The Labute approximate surface area is 115 Å². The van der Waals surface area contributed by atoms with Crippen LogP contribution >= 0.6 is 0 Å².